The fraction of sp³-hybridized carbons (Fsp3) is 0.0500. The SMILES string of the molecule is O=C1Nc2ccccc2/C1=C\c1ccc2c(c1)CN=C2c1nccs1. The Morgan fingerprint density at radius 3 is 2.92 bits per heavy atom. The third-order valence-corrected chi connectivity index (χ3v) is 5.23. The molecule has 1 amide bonds. The molecule has 4 nitrogen and oxygen atoms in total. The minimum absolute atomic E-state index is 0.0542. The van der Waals surface area contributed by atoms with E-state index in [1.165, 1.54) is 5.56 Å². The van der Waals surface area contributed by atoms with Crippen LogP contribution in [0.2, 0.25) is 0 Å². The molecule has 3 aromatic rings. The molecule has 0 atom stereocenters. The lowest BCUT2D eigenvalue weighted by atomic mass is 9.99. The maximum atomic E-state index is 12.3. The second kappa shape index (κ2) is 5.50. The van der Waals surface area contributed by atoms with Gasteiger partial charge in [0.1, 0.15) is 10.7 Å². The number of fused-ring (bicyclic) bond motifs is 2. The fourth-order valence-corrected chi connectivity index (χ4v) is 3.95. The number of para-hydroxylation sites is 1. The molecule has 0 fully saturated rings. The first-order valence-corrected chi connectivity index (χ1v) is 8.87. The van der Waals surface area contributed by atoms with Gasteiger partial charge in [-0.3, -0.25) is 9.79 Å². The van der Waals surface area contributed by atoms with Crippen LogP contribution in [-0.4, -0.2) is 16.6 Å². The van der Waals surface area contributed by atoms with Gasteiger partial charge in [0, 0.05) is 34.0 Å². The summed E-state index contributed by atoms with van der Waals surface area (Å²) in [6.45, 7) is 0.657. The van der Waals surface area contributed by atoms with Gasteiger partial charge in [0.2, 0.25) is 0 Å². The van der Waals surface area contributed by atoms with Gasteiger partial charge in [0.05, 0.1) is 6.54 Å². The third kappa shape index (κ3) is 2.32. The molecule has 2 aliphatic rings. The highest BCUT2D eigenvalue weighted by atomic mass is 32.1. The van der Waals surface area contributed by atoms with Crippen molar-refractivity contribution in [2.45, 2.75) is 6.54 Å². The largest absolute Gasteiger partial charge is 0.321 e. The summed E-state index contributed by atoms with van der Waals surface area (Å²) in [5, 5.41) is 5.82. The molecule has 2 aromatic carbocycles. The van der Waals surface area contributed by atoms with Crippen molar-refractivity contribution in [3.63, 3.8) is 0 Å². The number of carbonyl (C=O) groups is 1. The second-order valence-corrected chi connectivity index (χ2v) is 6.87. The average molecular weight is 343 g/mol. The lowest BCUT2D eigenvalue weighted by molar-refractivity contribution is -0.110. The summed E-state index contributed by atoms with van der Waals surface area (Å²) >= 11 is 1.60. The number of hydrogen-bond donors (Lipinski definition) is 1. The Kier molecular flexibility index (Phi) is 3.15. The topological polar surface area (TPSA) is 54.4 Å². The van der Waals surface area contributed by atoms with E-state index in [-0.39, 0.29) is 5.91 Å². The number of aliphatic imine (C=N–C) groups is 1. The smallest absolute Gasteiger partial charge is 0.256 e. The van der Waals surface area contributed by atoms with Gasteiger partial charge in [-0.2, -0.15) is 0 Å². The Hall–Kier alpha value is -3.05. The van der Waals surface area contributed by atoms with E-state index in [1.807, 2.05) is 41.8 Å². The van der Waals surface area contributed by atoms with Gasteiger partial charge >= 0.3 is 0 Å². The van der Waals surface area contributed by atoms with Crippen LogP contribution in [0, 0.1) is 0 Å². The molecule has 0 saturated heterocycles. The molecule has 1 N–H and O–H groups in total. The predicted octanol–water partition coefficient (Wildman–Crippen LogP) is 3.99. The summed E-state index contributed by atoms with van der Waals surface area (Å²) in [6, 6.07) is 14.0. The van der Waals surface area contributed by atoms with Crippen LogP contribution in [0.1, 0.15) is 27.3 Å². The summed E-state index contributed by atoms with van der Waals surface area (Å²) < 4.78 is 0. The molecule has 120 valence electrons. The van der Waals surface area contributed by atoms with Gasteiger partial charge in [-0.05, 0) is 29.3 Å². The van der Waals surface area contributed by atoms with Gasteiger partial charge in [0.25, 0.3) is 5.91 Å². The monoisotopic (exact) mass is 343 g/mol. The summed E-state index contributed by atoms with van der Waals surface area (Å²) in [5.74, 6) is -0.0542. The van der Waals surface area contributed by atoms with Crippen LogP contribution in [0.4, 0.5) is 5.69 Å². The zero-order valence-corrected chi connectivity index (χ0v) is 14.0. The minimum Gasteiger partial charge on any atom is -0.321 e. The zero-order valence-electron chi connectivity index (χ0n) is 13.2. The number of nitrogens with one attached hydrogen (secondary N) is 1. The van der Waals surface area contributed by atoms with Crippen LogP contribution < -0.4 is 5.32 Å². The van der Waals surface area contributed by atoms with Gasteiger partial charge in [-0.1, -0.05) is 30.3 Å². The highest BCUT2D eigenvalue weighted by Gasteiger charge is 2.24. The van der Waals surface area contributed by atoms with Crippen LogP contribution in [0.25, 0.3) is 11.6 Å². The molecule has 0 aliphatic carbocycles. The average Bonchev–Trinajstić information content (AvgIpc) is 3.34. The van der Waals surface area contributed by atoms with Crippen molar-refractivity contribution < 1.29 is 4.79 Å². The van der Waals surface area contributed by atoms with Gasteiger partial charge in [0.15, 0.2) is 0 Å². The molecular formula is C20H13N3OS. The lowest BCUT2D eigenvalue weighted by Gasteiger charge is -2.04. The van der Waals surface area contributed by atoms with Crippen molar-refractivity contribution in [1.29, 1.82) is 0 Å². The van der Waals surface area contributed by atoms with Gasteiger partial charge in [-0.15, -0.1) is 11.3 Å². The van der Waals surface area contributed by atoms with Crippen LogP contribution >= 0.6 is 11.3 Å². The summed E-state index contributed by atoms with van der Waals surface area (Å²) in [5.41, 5.74) is 6.81. The quantitative estimate of drug-likeness (QED) is 0.716. The van der Waals surface area contributed by atoms with Crippen LogP contribution in [0.5, 0.6) is 0 Å². The molecular weight excluding hydrogens is 330 g/mol. The molecule has 0 bridgehead atoms. The summed E-state index contributed by atoms with van der Waals surface area (Å²) in [4.78, 5) is 21.3. The second-order valence-electron chi connectivity index (χ2n) is 5.98. The molecule has 5 heteroatoms. The van der Waals surface area contributed by atoms with E-state index in [2.05, 4.69) is 27.4 Å². The van der Waals surface area contributed by atoms with Crippen molar-refractivity contribution in [3.05, 3.63) is 81.3 Å². The van der Waals surface area contributed by atoms with E-state index in [4.69, 9.17) is 0 Å². The first-order chi connectivity index (χ1) is 12.3. The summed E-state index contributed by atoms with van der Waals surface area (Å²) in [6.07, 6.45) is 3.75. The molecule has 3 heterocycles. The Balaban J connectivity index is 1.53. The fourth-order valence-electron chi connectivity index (χ4n) is 3.29. The Morgan fingerprint density at radius 2 is 2.04 bits per heavy atom. The van der Waals surface area contributed by atoms with E-state index in [0.717, 1.165) is 33.1 Å². The number of nitrogens with zero attached hydrogens (tertiary/aromatic N) is 2. The van der Waals surface area contributed by atoms with E-state index in [1.54, 1.807) is 17.5 Å². The molecule has 25 heavy (non-hydrogen) atoms. The molecule has 2 aliphatic heterocycles. The van der Waals surface area contributed by atoms with Crippen molar-refractivity contribution in [2.24, 2.45) is 4.99 Å². The highest BCUT2D eigenvalue weighted by molar-refractivity contribution is 7.11. The van der Waals surface area contributed by atoms with E-state index in [0.29, 0.717) is 12.1 Å². The lowest BCUT2D eigenvalue weighted by Crippen LogP contribution is -2.03. The number of amides is 1. The molecule has 0 spiro atoms. The molecule has 0 saturated carbocycles. The predicted molar refractivity (Wildman–Crippen MR) is 101 cm³/mol. The van der Waals surface area contributed by atoms with Crippen LogP contribution in [0.3, 0.4) is 0 Å². The standard InChI is InChI=1S/C20H13N3OS/c24-19-16(15-3-1-2-4-17(15)23-19)10-12-5-6-14-13(9-12)11-22-18(14)20-21-7-8-25-20/h1-10H,11H2,(H,23,24)/b16-10+. The van der Waals surface area contributed by atoms with E-state index < -0.39 is 0 Å². The molecule has 5 rings (SSSR count). The normalized spacial score (nSPS) is 16.6. The number of anilines is 1. The maximum absolute atomic E-state index is 12.3. The Labute approximate surface area is 148 Å². The van der Waals surface area contributed by atoms with E-state index in [9.17, 15) is 4.79 Å². The van der Waals surface area contributed by atoms with Crippen LogP contribution in [-0.2, 0) is 11.3 Å². The summed E-state index contributed by atoms with van der Waals surface area (Å²) in [7, 11) is 0. The number of aromatic nitrogens is 1. The number of thiazole rings is 1. The first-order valence-electron chi connectivity index (χ1n) is 8.00. The molecule has 0 unspecified atom stereocenters. The minimum atomic E-state index is -0.0542. The Bertz CT molecular complexity index is 1060. The van der Waals surface area contributed by atoms with Crippen molar-refractivity contribution in [1.82, 2.24) is 4.98 Å². The maximum Gasteiger partial charge on any atom is 0.256 e. The molecule has 1 aromatic heterocycles. The first kappa shape index (κ1) is 14.3. The van der Waals surface area contributed by atoms with E-state index >= 15 is 0 Å². The van der Waals surface area contributed by atoms with Gasteiger partial charge in [-0.25, -0.2) is 4.98 Å². The zero-order chi connectivity index (χ0) is 16.8. The van der Waals surface area contributed by atoms with Gasteiger partial charge < -0.3 is 5.32 Å². The van der Waals surface area contributed by atoms with Crippen molar-refractivity contribution >= 4 is 40.3 Å². The van der Waals surface area contributed by atoms with Crippen molar-refractivity contribution in [3.8, 4) is 0 Å². The number of benzene rings is 2. The molecule has 0 radical (unpaired) electrons. The highest BCUT2D eigenvalue weighted by Crippen LogP contribution is 2.33. The van der Waals surface area contributed by atoms with Crippen molar-refractivity contribution in [2.75, 3.05) is 5.32 Å². The van der Waals surface area contributed by atoms with Crippen LogP contribution in [0.15, 0.2) is 59.0 Å². The Morgan fingerprint density at radius 1 is 1.12 bits per heavy atom. The number of hydrogen-bond acceptors (Lipinski definition) is 4. The number of carbonyl (C=O) groups excluding carboxylic acids is 1. The third-order valence-electron chi connectivity index (χ3n) is 4.45. The number of rotatable bonds is 2.